The molecule has 7 nitrogen and oxygen atoms in total. The topological polar surface area (TPSA) is 82.3 Å². The van der Waals surface area contributed by atoms with Crippen LogP contribution in [0.4, 0.5) is 11.5 Å². The zero-order valence-corrected chi connectivity index (χ0v) is 14.0. The molecular weight excluding hydrogens is 356 g/mol. The summed E-state index contributed by atoms with van der Waals surface area (Å²) in [4.78, 5) is 8.51. The molecule has 0 fully saturated rings. The third kappa shape index (κ3) is 2.49. The van der Waals surface area contributed by atoms with Gasteiger partial charge in [0.25, 0.3) is 5.71 Å². The van der Waals surface area contributed by atoms with E-state index in [1.807, 2.05) is 30.3 Å². The van der Waals surface area contributed by atoms with E-state index in [0.717, 1.165) is 17.0 Å². The van der Waals surface area contributed by atoms with Crippen LogP contribution >= 0.6 is 11.6 Å². The van der Waals surface area contributed by atoms with E-state index in [0.29, 0.717) is 33.4 Å². The molecule has 0 aliphatic carbocycles. The summed E-state index contributed by atoms with van der Waals surface area (Å²) in [5.41, 5.74) is 2.70. The predicted octanol–water partition coefficient (Wildman–Crippen LogP) is 4.41. The standard InChI is InChI=1S/C18H11ClN4O3/c19-11-3-1-10(2-4-11)16-15-17(20-8-21-18(15)26-23-16)22-12-5-6-13-14(7-12)25-9-24-13/h1-8H,9H2,(H,20,21,22). The lowest BCUT2D eigenvalue weighted by molar-refractivity contribution is 0.174. The van der Waals surface area contributed by atoms with E-state index in [1.165, 1.54) is 6.33 Å². The van der Waals surface area contributed by atoms with E-state index < -0.39 is 0 Å². The van der Waals surface area contributed by atoms with Gasteiger partial charge in [-0.1, -0.05) is 28.9 Å². The first-order valence-corrected chi connectivity index (χ1v) is 8.19. The summed E-state index contributed by atoms with van der Waals surface area (Å²) in [6.07, 6.45) is 1.43. The molecule has 0 unspecified atom stereocenters. The van der Waals surface area contributed by atoms with E-state index in [1.54, 1.807) is 12.1 Å². The Morgan fingerprint density at radius 1 is 0.962 bits per heavy atom. The SMILES string of the molecule is Clc1ccc(-c2noc3ncnc(Nc4ccc5c(c4)OCO5)c23)cc1. The summed E-state index contributed by atoms with van der Waals surface area (Å²) >= 11 is 5.97. The average molecular weight is 367 g/mol. The Kier molecular flexibility index (Phi) is 3.39. The molecule has 5 rings (SSSR count). The van der Waals surface area contributed by atoms with E-state index in [2.05, 4.69) is 20.4 Å². The van der Waals surface area contributed by atoms with Crippen LogP contribution in [0.25, 0.3) is 22.4 Å². The Hall–Kier alpha value is -3.32. The predicted molar refractivity (Wildman–Crippen MR) is 95.9 cm³/mol. The molecule has 1 aliphatic heterocycles. The highest BCUT2D eigenvalue weighted by molar-refractivity contribution is 6.30. The highest BCUT2D eigenvalue weighted by Crippen LogP contribution is 2.37. The number of halogens is 1. The number of benzene rings is 2. The van der Waals surface area contributed by atoms with Gasteiger partial charge in [-0.2, -0.15) is 4.98 Å². The molecule has 2 aromatic carbocycles. The van der Waals surface area contributed by atoms with Crippen molar-refractivity contribution in [2.75, 3.05) is 12.1 Å². The number of fused-ring (bicyclic) bond motifs is 2. The maximum atomic E-state index is 5.97. The number of aromatic nitrogens is 3. The van der Waals surface area contributed by atoms with Crippen molar-refractivity contribution in [1.82, 2.24) is 15.1 Å². The largest absolute Gasteiger partial charge is 0.454 e. The van der Waals surface area contributed by atoms with Gasteiger partial charge in [0.1, 0.15) is 23.2 Å². The summed E-state index contributed by atoms with van der Waals surface area (Å²) in [7, 11) is 0. The van der Waals surface area contributed by atoms with Crippen LogP contribution in [0.1, 0.15) is 0 Å². The highest BCUT2D eigenvalue weighted by atomic mass is 35.5. The van der Waals surface area contributed by atoms with Gasteiger partial charge in [-0.3, -0.25) is 0 Å². The van der Waals surface area contributed by atoms with Crippen LogP contribution in [-0.4, -0.2) is 21.9 Å². The zero-order chi connectivity index (χ0) is 17.5. The molecule has 0 saturated carbocycles. The normalized spacial score (nSPS) is 12.5. The van der Waals surface area contributed by atoms with Crippen LogP contribution in [0.5, 0.6) is 11.5 Å². The fraction of sp³-hybridized carbons (Fsp3) is 0.0556. The summed E-state index contributed by atoms with van der Waals surface area (Å²) in [6, 6.07) is 12.9. The van der Waals surface area contributed by atoms with Gasteiger partial charge in [-0.25, -0.2) is 4.98 Å². The van der Waals surface area contributed by atoms with Crippen molar-refractivity contribution in [3.05, 3.63) is 53.8 Å². The van der Waals surface area contributed by atoms with Gasteiger partial charge in [-0.05, 0) is 24.3 Å². The molecule has 128 valence electrons. The molecule has 0 spiro atoms. The summed E-state index contributed by atoms with van der Waals surface area (Å²) in [5, 5.41) is 8.76. The van der Waals surface area contributed by atoms with Crippen molar-refractivity contribution in [1.29, 1.82) is 0 Å². The van der Waals surface area contributed by atoms with Gasteiger partial charge < -0.3 is 19.3 Å². The van der Waals surface area contributed by atoms with Crippen LogP contribution in [0.15, 0.2) is 53.3 Å². The molecule has 26 heavy (non-hydrogen) atoms. The number of anilines is 2. The molecule has 0 bridgehead atoms. The minimum absolute atomic E-state index is 0.225. The van der Waals surface area contributed by atoms with Crippen LogP contribution in [0.2, 0.25) is 5.02 Å². The quantitative estimate of drug-likeness (QED) is 0.575. The lowest BCUT2D eigenvalue weighted by Crippen LogP contribution is -1.96. The van der Waals surface area contributed by atoms with Crippen LogP contribution in [0.3, 0.4) is 0 Å². The van der Waals surface area contributed by atoms with Gasteiger partial charge in [-0.15, -0.1) is 0 Å². The van der Waals surface area contributed by atoms with Crippen molar-refractivity contribution >= 4 is 34.2 Å². The third-order valence-electron chi connectivity index (χ3n) is 4.03. The average Bonchev–Trinajstić information content (AvgIpc) is 3.29. The maximum absolute atomic E-state index is 5.97. The molecule has 3 heterocycles. The Labute approximate surface area is 152 Å². The lowest BCUT2D eigenvalue weighted by atomic mass is 10.1. The van der Waals surface area contributed by atoms with Crippen molar-refractivity contribution < 1.29 is 14.0 Å². The Bertz CT molecular complexity index is 1110. The molecule has 0 atom stereocenters. The highest BCUT2D eigenvalue weighted by Gasteiger charge is 2.18. The number of rotatable bonds is 3. The van der Waals surface area contributed by atoms with Gasteiger partial charge >= 0.3 is 0 Å². The number of nitrogens with zero attached hydrogens (tertiary/aromatic N) is 3. The van der Waals surface area contributed by atoms with E-state index in [-0.39, 0.29) is 6.79 Å². The van der Waals surface area contributed by atoms with Gasteiger partial charge in [0.15, 0.2) is 11.5 Å². The first-order valence-electron chi connectivity index (χ1n) is 7.81. The van der Waals surface area contributed by atoms with Crippen LogP contribution in [0, 0.1) is 0 Å². The molecule has 2 aromatic heterocycles. The van der Waals surface area contributed by atoms with Crippen LogP contribution < -0.4 is 14.8 Å². The Morgan fingerprint density at radius 3 is 2.69 bits per heavy atom. The van der Waals surface area contributed by atoms with Crippen molar-refractivity contribution in [2.24, 2.45) is 0 Å². The van der Waals surface area contributed by atoms with Crippen molar-refractivity contribution in [3.8, 4) is 22.8 Å². The second-order valence-corrected chi connectivity index (χ2v) is 6.07. The molecule has 0 amide bonds. The Balaban J connectivity index is 1.59. The van der Waals surface area contributed by atoms with E-state index >= 15 is 0 Å². The summed E-state index contributed by atoms with van der Waals surface area (Å²) in [6.45, 7) is 0.225. The van der Waals surface area contributed by atoms with E-state index in [4.69, 9.17) is 25.6 Å². The zero-order valence-electron chi connectivity index (χ0n) is 13.3. The maximum Gasteiger partial charge on any atom is 0.263 e. The van der Waals surface area contributed by atoms with Crippen LogP contribution in [-0.2, 0) is 0 Å². The summed E-state index contributed by atoms with van der Waals surface area (Å²) < 4.78 is 16.1. The first kappa shape index (κ1) is 15.0. The molecular formula is C18H11ClN4O3. The number of nitrogens with one attached hydrogen (secondary N) is 1. The number of hydrogen-bond donors (Lipinski definition) is 1. The molecule has 0 radical (unpaired) electrons. The summed E-state index contributed by atoms with van der Waals surface area (Å²) in [5.74, 6) is 1.99. The molecule has 1 N–H and O–H groups in total. The number of hydrogen-bond acceptors (Lipinski definition) is 7. The monoisotopic (exact) mass is 366 g/mol. The number of ether oxygens (including phenoxy) is 2. The minimum atomic E-state index is 0.225. The van der Waals surface area contributed by atoms with E-state index in [9.17, 15) is 0 Å². The van der Waals surface area contributed by atoms with Gasteiger partial charge in [0.05, 0.1) is 0 Å². The fourth-order valence-electron chi connectivity index (χ4n) is 2.80. The molecule has 8 heteroatoms. The first-order chi connectivity index (χ1) is 12.8. The fourth-order valence-corrected chi connectivity index (χ4v) is 2.92. The second-order valence-electron chi connectivity index (χ2n) is 5.63. The third-order valence-corrected chi connectivity index (χ3v) is 4.28. The molecule has 4 aromatic rings. The van der Waals surface area contributed by atoms with Crippen molar-refractivity contribution in [2.45, 2.75) is 0 Å². The van der Waals surface area contributed by atoms with Crippen molar-refractivity contribution in [3.63, 3.8) is 0 Å². The second kappa shape index (κ2) is 5.89. The van der Waals surface area contributed by atoms with Gasteiger partial charge in [0.2, 0.25) is 6.79 Å². The van der Waals surface area contributed by atoms with Gasteiger partial charge in [0, 0.05) is 22.3 Å². The molecule has 1 aliphatic rings. The Morgan fingerprint density at radius 2 is 1.81 bits per heavy atom. The minimum Gasteiger partial charge on any atom is -0.454 e. The smallest absolute Gasteiger partial charge is 0.263 e. The molecule has 0 saturated heterocycles. The lowest BCUT2D eigenvalue weighted by Gasteiger charge is -2.07.